The van der Waals surface area contributed by atoms with Crippen molar-refractivity contribution in [1.82, 2.24) is 5.43 Å². The van der Waals surface area contributed by atoms with E-state index >= 15 is 0 Å². The molecule has 0 atom stereocenters. The maximum atomic E-state index is 12.4. The van der Waals surface area contributed by atoms with Crippen LogP contribution in [0.1, 0.15) is 21.5 Å². The summed E-state index contributed by atoms with van der Waals surface area (Å²) in [5, 5.41) is 4.23. The number of carbonyl (C=O) groups is 2. The summed E-state index contributed by atoms with van der Waals surface area (Å²) in [5.41, 5.74) is 4.32. The second kappa shape index (κ2) is 13.6. The number of carbonyl (C=O) groups excluding carboxylic acids is 2. The minimum atomic E-state index is -0.609. The zero-order valence-corrected chi connectivity index (χ0v) is 21.8. The van der Waals surface area contributed by atoms with Crippen LogP contribution in [0.4, 0.5) is 0 Å². The zero-order valence-electron chi connectivity index (χ0n) is 21.0. The molecular weight excluding hydrogens is 520 g/mol. The van der Waals surface area contributed by atoms with E-state index in [-0.39, 0.29) is 22.9 Å². The van der Waals surface area contributed by atoms with Gasteiger partial charge in [0.15, 0.2) is 18.1 Å². The van der Waals surface area contributed by atoms with Crippen molar-refractivity contribution in [1.29, 1.82) is 0 Å². The highest BCUT2D eigenvalue weighted by atomic mass is 35.5. The van der Waals surface area contributed by atoms with Crippen LogP contribution in [0.5, 0.6) is 23.0 Å². The topological polar surface area (TPSA) is 95.5 Å². The molecule has 1 amide bonds. The van der Waals surface area contributed by atoms with E-state index in [0.29, 0.717) is 29.4 Å². The molecule has 1 N–H and O–H groups in total. The van der Waals surface area contributed by atoms with Gasteiger partial charge in [0.25, 0.3) is 5.91 Å². The lowest BCUT2D eigenvalue weighted by Crippen LogP contribution is -2.24. The molecule has 0 radical (unpaired) electrons. The molecule has 4 aromatic carbocycles. The summed E-state index contributed by atoms with van der Waals surface area (Å²) in [6.45, 7) is 0.242. The molecule has 0 aliphatic carbocycles. The van der Waals surface area contributed by atoms with Crippen molar-refractivity contribution in [3.63, 3.8) is 0 Å². The Kier molecular flexibility index (Phi) is 9.52. The number of nitrogens with one attached hydrogen (secondary N) is 1. The third-order valence-corrected chi connectivity index (χ3v) is 5.66. The summed E-state index contributed by atoms with van der Waals surface area (Å²) < 4.78 is 22.0. The van der Waals surface area contributed by atoms with E-state index in [1.54, 1.807) is 66.7 Å². The monoisotopic (exact) mass is 544 g/mol. The minimum absolute atomic E-state index is 0.216. The molecule has 0 fully saturated rings. The van der Waals surface area contributed by atoms with Crippen molar-refractivity contribution in [2.45, 2.75) is 6.61 Å². The fraction of sp³-hybridized carbons (Fsp3) is 0.100. The van der Waals surface area contributed by atoms with E-state index in [0.717, 1.165) is 5.56 Å². The maximum absolute atomic E-state index is 12.4. The first-order valence-corrected chi connectivity index (χ1v) is 12.3. The van der Waals surface area contributed by atoms with Crippen molar-refractivity contribution in [2.75, 3.05) is 13.7 Å². The van der Waals surface area contributed by atoms with Crippen molar-refractivity contribution in [3.05, 3.63) is 119 Å². The van der Waals surface area contributed by atoms with Crippen LogP contribution in [-0.2, 0) is 11.4 Å². The van der Waals surface area contributed by atoms with E-state index in [2.05, 4.69) is 10.5 Å². The van der Waals surface area contributed by atoms with Gasteiger partial charge in [0, 0.05) is 0 Å². The van der Waals surface area contributed by atoms with Gasteiger partial charge in [-0.1, -0.05) is 54.1 Å². The number of hydrogen-bond donors (Lipinski definition) is 1. The number of rotatable bonds is 11. The number of halogens is 1. The summed E-state index contributed by atoms with van der Waals surface area (Å²) in [4.78, 5) is 24.6. The van der Waals surface area contributed by atoms with Crippen LogP contribution in [0.15, 0.2) is 102 Å². The van der Waals surface area contributed by atoms with E-state index in [9.17, 15) is 9.59 Å². The molecule has 0 unspecified atom stereocenters. The Bertz CT molecular complexity index is 1440. The standard InChI is InChI=1S/C30H25ClN2O6/c1-36-28-17-22(11-16-27(28)39-30(35)25-9-5-6-10-26(25)31)18-32-33-29(34)20-38-24-14-12-23(13-15-24)37-19-21-7-3-2-4-8-21/h2-18H,19-20H2,1H3,(H,33,34). The fourth-order valence-corrected chi connectivity index (χ4v) is 3.58. The average Bonchev–Trinajstić information content (AvgIpc) is 2.97. The van der Waals surface area contributed by atoms with Crippen LogP contribution in [0.25, 0.3) is 0 Å². The molecule has 9 heteroatoms. The highest BCUT2D eigenvalue weighted by Crippen LogP contribution is 2.29. The van der Waals surface area contributed by atoms with E-state index < -0.39 is 11.9 Å². The molecule has 0 bridgehead atoms. The molecule has 8 nitrogen and oxygen atoms in total. The zero-order chi connectivity index (χ0) is 27.5. The van der Waals surface area contributed by atoms with Crippen LogP contribution in [0.3, 0.4) is 0 Å². The molecule has 0 aliphatic heterocycles. The molecular formula is C30H25ClN2O6. The normalized spacial score (nSPS) is 10.6. The molecule has 0 aromatic heterocycles. The predicted octanol–water partition coefficient (Wildman–Crippen LogP) is 5.68. The van der Waals surface area contributed by atoms with Crippen molar-refractivity contribution in [2.24, 2.45) is 5.10 Å². The smallest absolute Gasteiger partial charge is 0.345 e. The van der Waals surface area contributed by atoms with Gasteiger partial charge in [-0.3, -0.25) is 4.79 Å². The number of ether oxygens (including phenoxy) is 4. The van der Waals surface area contributed by atoms with Crippen LogP contribution in [0.2, 0.25) is 5.02 Å². The lowest BCUT2D eigenvalue weighted by molar-refractivity contribution is -0.123. The third-order valence-electron chi connectivity index (χ3n) is 5.33. The summed E-state index contributed by atoms with van der Waals surface area (Å²) in [5.74, 6) is 0.696. The number of nitrogens with zero attached hydrogens (tertiary/aromatic N) is 1. The van der Waals surface area contributed by atoms with E-state index in [4.69, 9.17) is 30.5 Å². The van der Waals surface area contributed by atoms with Crippen LogP contribution >= 0.6 is 11.6 Å². The van der Waals surface area contributed by atoms with Gasteiger partial charge in [-0.05, 0) is 65.7 Å². The highest BCUT2D eigenvalue weighted by Gasteiger charge is 2.15. The number of hydrazone groups is 1. The van der Waals surface area contributed by atoms with Crippen molar-refractivity contribution >= 4 is 29.7 Å². The van der Waals surface area contributed by atoms with Crippen molar-refractivity contribution < 1.29 is 28.5 Å². The average molecular weight is 545 g/mol. The molecule has 4 aromatic rings. The molecule has 4 rings (SSSR count). The Morgan fingerprint density at radius 2 is 1.54 bits per heavy atom. The van der Waals surface area contributed by atoms with Crippen LogP contribution in [-0.4, -0.2) is 31.8 Å². The highest BCUT2D eigenvalue weighted by molar-refractivity contribution is 6.33. The predicted molar refractivity (Wildman–Crippen MR) is 148 cm³/mol. The lowest BCUT2D eigenvalue weighted by Gasteiger charge is -2.10. The first kappa shape index (κ1) is 27.2. The summed E-state index contributed by atoms with van der Waals surface area (Å²) in [6, 6.07) is 28.3. The molecule has 39 heavy (non-hydrogen) atoms. The second-order valence-electron chi connectivity index (χ2n) is 8.11. The fourth-order valence-electron chi connectivity index (χ4n) is 3.36. The SMILES string of the molecule is COc1cc(C=NNC(=O)COc2ccc(OCc3ccccc3)cc2)ccc1OC(=O)c1ccccc1Cl. The quantitative estimate of drug-likeness (QED) is 0.113. The molecule has 0 heterocycles. The second-order valence-corrected chi connectivity index (χ2v) is 8.51. The molecule has 0 saturated heterocycles. The van der Waals surface area contributed by atoms with Gasteiger partial charge in [-0.2, -0.15) is 5.10 Å². The number of hydrogen-bond acceptors (Lipinski definition) is 7. The summed E-state index contributed by atoms with van der Waals surface area (Å²) in [7, 11) is 1.45. The van der Waals surface area contributed by atoms with Gasteiger partial charge in [-0.25, -0.2) is 10.2 Å². The summed E-state index contributed by atoms with van der Waals surface area (Å²) >= 11 is 6.06. The van der Waals surface area contributed by atoms with E-state index in [1.807, 2.05) is 30.3 Å². The summed E-state index contributed by atoms with van der Waals surface area (Å²) in [6.07, 6.45) is 1.43. The Labute approximate surface area is 230 Å². The lowest BCUT2D eigenvalue weighted by atomic mass is 10.2. The van der Waals surface area contributed by atoms with Crippen LogP contribution < -0.4 is 24.4 Å². The molecule has 198 valence electrons. The van der Waals surface area contributed by atoms with Crippen LogP contribution in [0, 0.1) is 0 Å². The number of esters is 1. The Balaban J connectivity index is 1.24. The van der Waals surface area contributed by atoms with Crippen molar-refractivity contribution in [3.8, 4) is 23.0 Å². The number of methoxy groups -OCH3 is 1. The Morgan fingerprint density at radius 1 is 0.846 bits per heavy atom. The van der Waals surface area contributed by atoms with E-state index in [1.165, 1.54) is 13.3 Å². The first-order chi connectivity index (χ1) is 19.0. The van der Waals surface area contributed by atoms with Gasteiger partial charge in [0.2, 0.25) is 0 Å². The first-order valence-electron chi connectivity index (χ1n) is 11.9. The van der Waals surface area contributed by atoms with Gasteiger partial charge < -0.3 is 18.9 Å². The molecule has 0 aliphatic rings. The Hall–Kier alpha value is -4.82. The van der Waals surface area contributed by atoms with Gasteiger partial charge in [0.1, 0.15) is 18.1 Å². The number of benzene rings is 4. The maximum Gasteiger partial charge on any atom is 0.345 e. The number of amides is 1. The largest absolute Gasteiger partial charge is 0.493 e. The molecule has 0 spiro atoms. The Morgan fingerprint density at radius 3 is 2.26 bits per heavy atom. The van der Waals surface area contributed by atoms with Gasteiger partial charge >= 0.3 is 5.97 Å². The van der Waals surface area contributed by atoms with Gasteiger partial charge in [-0.15, -0.1) is 0 Å². The minimum Gasteiger partial charge on any atom is -0.493 e. The van der Waals surface area contributed by atoms with Gasteiger partial charge in [0.05, 0.1) is 23.9 Å². The molecule has 0 saturated carbocycles. The third kappa shape index (κ3) is 8.08.